The first-order valence-corrected chi connectivity index (χ1v) is 6.35. The van der Waals surface area contributed by atoms with E-state index in [4.69, 9.17) is 0 Å². The standard InChI is InChI=1S/C10H19NO4S.H3N/c1-6-7-11(16(13,14)15)9(12)8(2)10(3,4)5;/h2,6-7H2,1,3-5H3,(H,13,14,15);1H3. The van der Waals surface area contributed by atoms with Crippen molar-refractivity contribution in [3.63, 3.8) is 0 Å². The predicted octanol–water partition coefficient (Wildman–Crippen LogP) is 1.66. The van der Waals surface area contributed by atoms with Gasteiger partial charge in [0.1, 0.15) is 0 Å². The highest BCUT2D eigenvalue weighted by Crippen LogP contribution is 2.25. The molecule has 0 atom stereocenters. The molecular weight excluding hydrogens is 244 g/mol. The second-order valence-electron chi connectivity index (χ2n) is 4.56. The summed E-state index contributed by atoms with van der Waals surface area (Å²) in [6.07, 6.45) is 0.393. The zero-order valence-electron chi connectivity index (χ0n) is 11.1. The van der Waals surface area contributed by atoms with E-state index in [1.54, 1.807) is 27.7 Å². The van der Waals surface area contributed by atoms with Crippen LogP contribution in [-0.4, -0.2) is 29.7 Å². The van der Waals surface area contributed by atoms with Crippen molar-refractivity contribution in [2.45, 2.75) is 34.1 Å². The Kier molecular flexibility index (Phi) is 6.65. The van der Waals surface area contributed by atoms with Crippen molar-refractivity contribution in [2.24, 2.45) is 5.41 Å². The summed E-state index contributed by atoms with van der Waals surface area (Å²) in [5, 5.41) is 0. The van der Waals surface area contributed by atoms with Crippen LogP contribution in [0.2, 0.25) is 0 Å². The second-order valence-corrected chi connectivity index (χ2v) is 5.86. The zero-order valence-corrected chi connectivity index (χ0v) is 11.9. The summed E-state index contributed by atoms with van der Waals surface area (Å²) in [4.78, 5) is 11.8. The number of carbonyl (C=O) groups is 1. The van der Waals surface area contributed by atoms with Gasteiger partial charge in [-0.1, -0.05) is 34.3 Å². The third-order valence-corrected chi connectivity index (χ3v) is 2.97. The maximum atomic E-state index is 11.8. The molecule has 17 heavy (non-hydrogen) atoms. The van der Waals surface area contributed by atoms with Crippen molar-refractivity contribution in [3.8, 4) is 0 Å². The summed E-state index contributed by atoms with van der Waals surface area (Å²) in [5.74, 6) is -0.815. The van der Waals surface area contributed by atoms with Crippen LogP contribution >= 0.6 is 0 Å². The summed E-state index contributed by atoms with van der Waals surface area (Å²) in [6.45, 7) is 10.3. The summed E-state index contributed by atoms with van der Waals surface area (Å²) in [6, 6.07) is 0. The first kappa shape index (κ1) is 18.4. The Bertz CT molecular complexity index is 382. The first-order chi connectivity index (χ1) is 7.01. The molecule has 0 unspecified atom stereocenters. The molecule has 102 valence electrons. The lowest BCUT2D eigenvalue weighted by atomic mass is 9.87. The Hall–Kier alpha value is -0.920. The van der Waals surface area contributed by atoms with Crippen LogP contribution in [-0.2, 0) is 15.1 Å². The van der Waals surface area contributed by atoms with Crippen molar-refractivity contribution in [1.29, 1.82) is 0 Å². The molecule has 7 heteroatoms. The van der Waals surface area contributed by atoms with E-state index in [9.17, 15) is 17.8 Å². The van der Waals surface area contributed by atoms with Crippen molar-refractivity contribution in [3.05, 3.63) is 12.2 Å². The zero-order chi connectivity index (χ0) is 13.1. The highest BCUT2D eigenvalue weighted by molar-refractivity contribution is 7.83. The Labute approximate surface area is 103 Å². The van der Waals surface area contributed by atoms with Crippen LogP contribution in [0.1, 0.15) is 34.1 Å². The van der Waals surface area contributed by atoms with Gasteiger partial charge in [-0.25, -0.2) is 12.7 Å². The lowest BCUT2D eigenvalue weighted by Crippen LogP contribution is -2.40. The fourth-order valence-electron chi connectivity index (χ4n) is 0.989. The number of nitrogens with zero attached hydrogens (tertiary/aromatic N) is 1. The minimum absolute atomic E-state index is 0. The maximum Gasteiger partial charge on any atom is 0.262 e. The van der Waals surface area contributed by atoms with Gasteiger partial charge in [0.25, 0.3) is 5.91 Å². The van der Waals surface area contributed by atoms with Crippen LogP contribution in [0.25, 0.3) is 0 Å². The van der Waals surface area contributed by atoms with Crippen molar-refractivity contribution < 1.29 is 17.8 Å². The van der Waals surface area contributed by atoms with Crippen LogP contribution in [0.5, 0.6) is 0 Å². The molecule has 0 radical (unpaired) electrons. The fraction of sp³-hybridized carbons (Fsp3) is 0.700. The predicted molar refractivity (Wildman–Crippen MR) is 66.3 cm³/mol. The lowest BCUT2D eigenvalue weighted by molar-refractivity contribution is -0.123. The molecule has 0 aromatic carbocycles. The van der Waals surface area contributed by atoms with Gasteiger partial charge in [-0.05, 0) is 11.8 Å². The van der Waals surface area contributed by atoms with Crippen molar-refractivity contribution in [1.82, 2.24) is 10.5 Å². The number of amides is 1. The van der Waals surface area contributed by atoms with Gasteiger partial charge in [0.05, 0.1) is 0 Å². The van der Waals surface area contributed by atoms with Gasteiger partial charge < -0.3 is 10.7 Å². The van der Waals surface area contributed by atoms with Crippen molar-refractivity contribution in [2.75, 3.05) is 6.54 Å². The monoisotopic (exact) mass is 266 g/mol. The molecule has 0 bridgehead atoms. The van der Waals surface area contributed by atoms with Crippen LogP contribution in [0.15, 0.2) is 12.2 Å². The molecule has 6 nitrogen and oxygen atoms in total. The highest BCUT2D eigenvalue weighted by Gasteiger charge is 2.28. The largest absolute Gasteiger partial charge is 0.731 e. The molecule has 0 aliphatic rings. The van der Waals surface area contributed by atoms with E-state index in [0.29, 0.717) is 10.7 Å². The SMILES string of the molecule is C=C(C(=O)N(CCC)S(=O)(=O)[O-])C(C)(C)C.[NH4+]. The molecule has 0 aromatic rings. The molecule has 1 amide bonds. The quantitative estimate of drug-likeness (QED) is 0.615. The van der Waals surface area contributed by atoms with Gasteiger partial charge in [0, 0.05) is 12.1 Å². The van der Waals surface area contributed by atoms with E-state index in [2.05, 4.69) is 6.58 Å². The van der Waals surface area contributed by atoms with E-state index >= 15 is 0 Å². The van der Waals surface area contributed by atoms with Crippen LogP contribution in [0.3, 0.4) is 0 Å². The number of carbonyl (C=O) groups excluding carboxylic acids is 1. The molecular formula is C10H22N2O4S. The second kappa shape index (κ2) is 6.13. The molecule has 4 N–H and O–H groups in total. The molecule has 0 heterocycles. The van der Waals surface area contributed by atoms with Gasteiger partial charge in [0.15, 0.2) is 10.3 Å². The van der Waals surface area contributed by atoms with Gasteiger partial charge in [-0.3, -0.25) is 4.79 Å². The lowest BCUT2D eigenvalue weighted by Gasteiger charge is -2.29. The van der Waals surface area contributed by atoms with Crippen molar-refractivity contribution >= 4 is 16.2 Å². The Balaban J connectivity index is 0. The third-order valence-electron chi connectivity index (χ3n) is 2.09. The van der Waals surface area contributed by atoms with E-state index in [1.807, 2.05) is 0 Å². The van der Waals surface area contributed by atoms with Crippen LogP contribution in [0, 0.1) is 5.41 Å². The molecule has 0 saturated heterocycles. The molecule has 0 saturated carbocycles. The molecule has 0 fully saturated rings. The molecule has 0 spiro atoms. The number of quaternary nitrogens is 1. The molecule has 0 aromatic heterocycles. The van der Waals surface area contributed by atoms with Gasteiger partial charge >= 0.3 is 0 Å². The summed E-state index contributed by atoms with van der Waals surface area (Å²) in [7, 11) is -4.76. The maximum absolute atomic E-state index is 11.8. The smallest absolute Gasteiger partial charge is 0.262 e. The molecule has 0 aliphatic heterocycles. The molecule has 0 aliphatic carbocycles. The van der Waals surface area contributed by atoms with Crippen LogP contribution in [0.4, 0.5) is 0 Å². The Morgan fingerprint density at radius 3 is 2.00 bits per heavy atom. The first-order valence-electron chi connectivity index (χ1n) is 4.99. The minimum atomic E-state index is -4.76. The average Bonchev–Trinajstić information content (AvgIpc) is 2.08. The van der Waals surface area contributed by atoms with E-state index in [1.165, 1.54) is 0 Å². The minimum Gasteiger partial charge on any atom is -0.731 e. The topological polar surface area (TPSA) is 114 Å². The van der Waals surface area contributed by atoms with E-state index < -0.39 is 21.6 Å². The molecule has 0 rings (SSSR count). The van der Waals surface area contributed by atoms with Gasteiger partial charge in [0.2, 0.25) is 0 Å². The Morgan fingerprint density at radius 1 is 1.35 bits per heavy atom. The Morgan fingerprint density at radius 2 is 1.76 bits per heavy atom. The third kappa shape index (κ3) is 5.29. The summed E-state index contributed by atoms with van der Waals surface area (Å²) < 4.78 is 33.0. The number of rotatable bonds is 4. The summed E-state index contributed by atoms with van der Waals surface area (Å²) >= 11 is 0. The van der Waals surface area contributed by atoms with Gasteiger partial charge in [-0.2, -0.15) is 0 Å². The highest BCUT2D eigenvalue weighted by atomic mass is 32.2. The normalized spacial score (nSPS) is 11.6. The average molecular weight is 266 g/mol. The number of hydrogen-bond donors (Lipinski definition) is 1. The van der Waals surface area contributed by atoms with Gasteiger partial charge in [-0.15, -0.1) is 0 Å². The van der Waals surface area contributed by atoms with E-state index in [-0.39, 0.29) is 18.3 Å². The van der Waals surface area contributed by atoms with Crippen LogP contribution < -0.4 is 6.15 Å². The fourth-order valence-corrected chi connectivity index (χ4v) is 1.71. The number of hydrogen-bond acceptors (Lipinski definition) is 4. The van der Waals surface area contributed by atoms with E-state index in [0.717, 1.165) is 0 Å². The summed E-state index contributed by atoms with van der Waals surface area (Å²) in [5.41, 5.74) is -0.450.